The molecule has 2 aromatic rings. The Morgan fingerprint density at radius 2 is 2.16 bits per heavy atom. The van der Waals surface area contributed by atoms with E-state index < -0.39 is 0 Å². The summed E-state index contributed by atoms with van der Waals surface area (Å²) in [4.78, 5) is 19.2. The molecule has 0 unspecified atom stereocenters. The second-order valence-electron chi connectivity index (χ2n) is 3.80. The zero-order valence-corrected chi connectivity index (χ0v) is 10.5. The third-order valence-corrected chi connectivity index (χ3v) is 2.31. The van der Waals surface area contributed by atoms with Crippen molar-refractivity contribution >= 4 is 17.5 Å². The lowest BCUT2D eigenvalue weighted by Gasteiger charge is -2.07. The maximum Gasteiger partial charge on any atom is 0.225 e. The van der Waals surface area contributed by atoms with E-state index in [1.54, 1.807) is 37.4 Å². The van der Waals surface area contributed by atoms with E-state index >= 15 is 0 Å². The van der Waals surface area contributed by atoms with Gasteiger partial charge in [-0.2, -0.15) is 0 Å². The molecule has 3 N–H and O–H groups in total. The van der Waals surface area contributed by atoms with Crippen molar-refractivity contribution in [2.24, 2.45) is 0 Å². The fourth-order valence-corrected chi connectivity index (χ4v) is 1.36. The standard InChI is InChI=1S/C13H14N4O2/c1-2-13(18)17-12-7-9(5-6-15-12)19-10-3-4-11(14)16-8-10/h3-8H,2H2,1H3,(H2,14,16)(H,15,17,18). The van der Waals surface area contributed by atoms with Gasteiger partial charge in [0.1, 0.15) is 23.1 Å². The quantitative estimate of drug-likeness (QED) is 0.877. The summed E-state index contributed by atoms with van der Waals surface area (Å²) < 4.78 is 5.58. The van der Waals surface area contributed by atoms with Crippen LogP contribution in [-0.4, -0.2) is 15.9 Å². The van der Waals surface area contributed by atoms with Gasteiger partial charge >= 0.3 is 0 Å². The van der Waals surface area contributed by atoms with Gasteiger partial charge in [-0.05, 0) is 18.2 Å². The van der Waals surface area contributed by atoms with Gasteiger partial charge in [-0.3, -0.25) is 4.79 Å². The van der Waals surface area contributed by atoms with Crippen LogP contribution in [0.5, 0.6) is 11.5 Å². The number of anilines is 2. The Bertz CT molecular complexity index is 569. The molecule has 0 fully saturated rings. The monoisotopic (exact) mass is 258 g/mol. The number of rotatable bonds is 4. The van der Waals surface area contributed by atoms with Crippen LogP contribution in [-0.2, 0) is 4.79 Å². The normalized spacial score (nSPS) is 9.95. The van der Waals surface area contributed by atoms with Crippen LogP contribution in [0.3, 0.4) is 0 Å². The van der Waals surface area contributed by atoms with Gasteiger partial charge in [0.15, 0.2) is 0 Å². The van der Waals surface area contributed by atoms with Crippen molar-refractivity contribution in [2.75, 3.05) is 11.1 Å². The van der Waals surface area contributed by atoms with Crippen molar-refractivity contribution in [3.8, 4) is 11.5 Å². The van der Waals surface area contributed by atoms with Crippen LogP contribution in [0.4, 0.5) is 11.6 Å². The molecule has 2 rings (SSSR count). The number of hydrogen-bond donors (Lipinski definition) is 2. The highest BCUT2D eigenvalue weighted by Gasteiger charge is 2.03. The topological polar surface area (TPSA) is 90.1 Å². The first-order valence-electron chi connectivity index (χ1n) is 5.82. The first-order valence-corrected chi connectivity index (χ1v) is 5.82. The number of carbonyl (C=O) groups excluding carboxylic acids is 1. The second kappa shape index (κ2) is 5.81. The van der Waals surface area contributed by atoms with Crippen molar-refractivity contribution in [1.82, 2.24) is 9.97 Å². The summed E-state index contributed by atoms with van der Waals surface area (Å²) in [5.74, 6) is 1.91. The predicted molar refractivity (Wildman–Crippen MR) is 71.9 cm³/mol. The Balaban J connectivity index is 2.10. The minimum absolute atomic E-state index is 0.0983. The fourth-order valence-electron chi connectivity index (χ4n) is 1.36. The summed E-state index contributed by atoms with van der Waals surface area (Å²) in [5, 5.41) is 2.66. The SMILES string of the molecule is CCC(=O)Nc1cc(Oc2ccc(N)nc2)ccn1. The summed E-state index contributed by atoms with van der Waals surface area (Å²) in [6.07, 6.45) is 3.49. The predicted octanol–water partition coefficient (Wildman–Crippen LogP) is 2.20. The molecule has 0 aliphatic rings. The van der Waals surface area contributed by atoms with Crippen LogP contribution < -0.4 is 15.8 Å². The smallest absolute Gasteiger partial charge is 0.225 e. The summed E-state index contributed by atoms with van der Waals surface area (Å²) in [6, 6.07) is 6.70. The molecule has 0 atom stereocenters. The highest BCUT2D eigenvalue weighted by molar-refractivity contribution is 5.89. The van der Waals surface area contributed by atoms with E-state index in [2.05, 4.69) is 15.3 Å². The molecule has 0 aliphatic carbocycles. The summed E-state index contributed by atoms with van der Waals surface area (Å²) >= 11 is 0. The fraction of sp³-hybridized carbons (Fsp3) is 0.154. The molecule has 6 nitrogen and oxygen atoms in total. The van der Waals surface area contributed by atoms with Crippen LogP contribution in [0.25, 0.3) is 0 Å². The van der Waals surface area contributed by atoms with Crippen LogP contribution in [0, 0.1) is 0 Å². The molecule has 2 aromatic heterocycles. The number of pyridine rings is 2. The van der Waals surface area contributed by atoms with Gasteiger partial charge in [0.2, 0.25) is 5.91 Å². The van der Waals surface area contributed by atoms with Crippen molar-refractivity contribution in [2.45, 2.75) is 13.3 Å². The van der Waals surface area contributed by atoms with E-state index in [-0.39, 0.29) is 5.91 Å². The Morgan fingerprint density at radius 3 is 2.84 bits per heavy atom. The largest absolute Gasteiger partial charge is 0.456 e. The Labute approximate surface area is 110 Å². The number of amides is 1. The number of carbonyl (C=O) groups is 1. The molecule has 6 heteroatoms. The summed E-state index contributed by atoms with van der Waals surface area (Å²) in [6.45, 7) is 1.77. The lowest BCUT2D eigenvalue weighted by atomic mass is 10.4. The average Bonchev–Trinajstić information content (AvgIpc) is 2.42. The number of nitrogens with two attached hydrogens (primary N) is 1. The minimum atomic E-state index is -0.0983. The Hall–Kier alpha value is -2.63. The van der Waals surface area contributed by atoms with Crippen LogP contribution in [0.1, 0.15) is 13.3 Å². The summed E-state index contributed by atoms with van der Waals surface area (Å²) in [5.41, 5.74) is 5.49. The van der Waals surface area contributed by atoms with Gasteiger partial charge in [-0.1, -0.05) is 6.92 Å². The number of hydrogen-bond acceptors (Lipinski definition) is 5. The lowest BCUT2D eigenvalue weighted by Crippen LogP contribution is -2.10. The van der Waals surface area contributed by atoms with Gasteiger partial charge < -0.3 is 15.8 Å². The van der Waals surface area contributed by atoms with Crippen LogP contribution in [0.2, 0.25) is 0 Å². The van der Waals surface area contributed by atoms with Gasteiger partial charge in [0, 0.05) is 18.7 Å². The zero-order chi connectivity index (χ0) is 13.7. The third-order valence-electron chi connectivity index (χ3n) is 2.31. The maximum atomic E-state index is 11.3. The zero-order valence-electron chi connectivity index (χ0n) is 10.5. The molecular weight excluding hydrogens is 244 g/mol. The molecule has 0 aliphatic heterocycles. The Kier molecular flexibility index (Phi) is 3.92. The molecule has 1 amide bonds. The number of aromatic nitrogens is 2. The lowest BCUT2D eigenvalue weighted by molar-refractivity contribution is -0.115. The number of nitrogen functional groups attached to an aromatic ring is 1. The molecule has 0 spiro atoms. The van der Waals surface area contributed by atoms with E-state index in [0.717, 1.165) is 0 Å². The van der Waals surface area contributed by atoms with Crippen LogP contribution >= 0.6 is 0 Å². The van der Waals surface area contributed by atoms with Crippen molar-refractivity contribution in [3.05, 3.63) is 36.7 Å². The first kappa shape index (κ1) is 12.8. The minimum Gasteiger partial charge on any atom is -0.456 e. The molecular formula is C13H14N4O2. The van der Waals surface area contributed by atoms with E-state index in [1.807, 2.05) is 0 Å². The maximum absolute atomic E-state index is 11.3. The van der Waals surface area contributed by atoms with E-state index in [1.165, 1.54) is 6.20 Å². The molecule has 0 radical (unpaired) electrons. The molecule has 19 heavy (non-hydrogen) atoms. The second-order valence-corrected chi connectivity index (χ2v) is 3.80. The van der Waals surface area contributed by atoms with Crippen molar-refractivity contribution in [3.63, 3.8) is 0 Å². The molecule has 0 bridgehead atoms. The van der Waals surface area contributed by atoms with Gasteiger partial charge in [-0.25, -0.2) is 9.97 Å². The molecule has 0 saturated heterocycles. The highest BCUT2D eigenvalue weighted by Crippen LogP contribution is 2.22. The van der Waals surface area contributed by atoms with E-state index in [9.17, 15) is 4.79 Å². The average molecular weight is 258 g/mol. The van der Waals surface area contributed by atoms with E-state index in [0.29, 0.717) is 29.6 Å². The van der Waals surface area contributed by atoms with E-state index in [4.69, 9.17) is 10.5 Å². The van der Waals surface area contributed by atoms with Crippen molar-refractivity contribution < 1.29 is 9.53 Å². The molecule has 98 valence electrons. The van der Waals surface area contributed by atoms with Gasteiger partial charge in [-0.15, -0.1) is 0 Å². The molecule has 2 heterocycles. The van der Waals surface area contributed by atoms with Gasteiger partial charge in [0.05, 0.1) is 6.20 Å². The van der Waals surface area contributed by atoms with Gasteiger partial charge in [0.25, 0.3) is 0 Å². The number of nitrogens with zero attached hydrogens (tertiary/aromatic N) is 2. The molecule has 0 aromatic carbocycles. The highest BCUT2D eigenvalue weighted by atomic mass is 16.5. The first-order chi connectivity index (χ1) is 9.17. The number of nitrogens with one attached hydrogen (secondary N) is 1. The molecule has 0 saturated carbocycles. The van der Waals surface area contributed by atoms with Crippen LogP contribution in [0.15, 0.2) is 36.7 Å². The Morgan fingerprint density at radius 1 is 1.32 bits per heavy atom. The third kappa shape index (κ3) is 3.67. The van der Waals surface area contributed by atoms with Crippen molar-refractivity contribution in [1.29, 1.82) is 0 Å². The number of ether oxygens (including phenoxy) is 1. The summed E-state index contributed by atoms with van der Waals surface area (Å²) in [7, 11) is 0.